The summed E-state index contributed by atoms with van der Waals surface area (Å²) in [4.78, 5) is 27.1. The fourth-order valence-electron chi connectivity index (χ4n) is 2.37. The predicted molar refractivity (Wildman–Crippen MR) is 86.5 cm³/mol. The lowest BCUT2D eigenvalue weighted by atomic mass is 9.95. The van der Waals surface area contributed by atoms with E-state index in [1.807, 2.05) is 13.8 Å². The Morgan fingerprint density at radius 3 is 2.57 bits per heavy atom. The van der Waals surface area contributed by atoms with Gasteiger partial charge in [-0.1, -0.05) is 26.0 Å². The van der Waals surface area contributed by atoms with Crippen LogP contribution < -0.4 is 0 Å². The Balaban J connectivity index is 2.74. The number of hydrogen-bond acceptors (Lipinski definition) is 5. The Hall–Kier alpha value is -2.76. The first-order valence-electron chi connectivity index (χ1n) is 7.19. The number of aromatic nitrogens is 1. The van der Waals surface area contributed by atoms with E-state index < -0.39 is 10.9 Å². The highest BCUT2D eigenvalue weighted by molar-refractivity contribution is 5.98. The molecule has 2 rings (SSSR count). The summed E-state index contributed by atoms with van der Waals surface area (Å²) in [7, 11) is 1.30. The number of ether oxygens (including phenoxy) is 1. The molecule has 1 heterocycles. The van der Waals surface area contributed by atoms with Gasteiger partial charge in [-0.15, -0.1) is 0 Å². The predicted octanol–water partition coefficient (Wildman–Crippen LogP) is 3.88. The van der Waals surface area contributed by atoms with E-state index in [9.17, 15) is 14.9 Å². The summed E-state index contributed by atoms with van der Waals surface area (Å²) in [5, 5.41) is 11.0. The Morgan fingerprint density at radius 1 is 1.30 bits per heavy atom. The number of nitro groups is 1. The first-order chi connectivity index (χ1) is 10.8. The number of nitrogens with zero attached hydrogens (tertiary/aromatic N) is 2. The average Bonchev–Trinajstić information content (AvgIpc) is 2.53. The van der Waals surface area contributed by atoms with Gasteiger partial charge in [0, 0.05) is 23.4 Å². The summed E-state index contributed by atoms with van der Waals surface area (Å²) in [6, 6.07) is 7.99. The molecule has 0 spiro atoms. The van der Waals surface area contributed by atoms with Crippen molar-refractivity contribution in [2.24, 2.45) is 0 Å². The maximum atomic E-state index is 12.1. The molecule has 0 radical (unpaired) electrons. The van der Waals surface area contributed by atoms with E-state index in [4.69, 9.17) is 4.74 Å². The molecule has 0 aliphatic carbocycles. The van der Waals surface area contributed by atoms with Crippen molar-refractivity contribution < 1.29 is 14.5 Å². The average molecular weight is 314 g/mol. The van der Waals surface area contributed by atoms with Crippen LogP contribution in [0.5, 0.6) is 0 Å². The van der Waals surface area contributed by atoms with Crippen LogP contribution in [0.3, 0.4) is 0 Å². The minimum atomic E-state index is -0.508. The first-order valence-corrected chi connectivity index (χ1v) is 7.19. The highest BCUT2D eigenvalue weighted by atomic mass is 16.6. The summed E-state index contributed by atoms with van der Waals surface area (Å²) in [5.74, 6) is -0.343. The van der Waals surface area contributed by atoms with Gasteiger partial charge < -0.3 is 4.74 Å². The van der Waals surface area contributed by atoms with Gasteiger partial charge >= 0.3 is 5.97 Å². The number of hydrogen-bond donors (Lipinski definition) is 0. The molecule has 0 fully saturated rings. The SMILES string of the molecule is COC(=O)c1c(-c2cccc([N+](=O)[O-])c2)cc(C(C)C)nc1C. The Kier molecular flexibility index (Phi) is 4.74. The number of carbonyl (C=O) groups excluding carboxylic acids is 1. The largest absolute Gasteiger partial charge is 0.465 e. The van der Waals surface area contributed by atoms with Gasteiger partial charge in [0.15, 0.2) is 0 Å². The van der Waals surface area contributed by atoms with E-state index in [1.54, 1.807) is 25.1 Å². The lowest BCUT2D eigenvalue weighted by molar-refractivity contribution is -0.384. The van der Waals surface area contributed by atoms with Crippen LogP contribution in [0.4, 0.5) is 5.69 Å². The number of aryl methyl sites for hydroxylation is 1. The molecule has 0 bridgehead atoms. The van der Waals surface area contributed by atoms with E-state index in [-0.39, 0.29) is 11.6 Å². The summed E-state index contributed by atoms with van der Waals surface area (Å²) in [6.07, 6.45) is 0. The van der Waals surface area contributed by atoms with Crippen LogP contribution in [0.15, 0.2) is 30.3 Å². The van der Waals surface area contributed by atoms with Crippen LogP contribution in [0.25, 0.3) is 11.1 Å². The molecule has 0 N–H and O–H groups in total. The second-order valence-electron chi connectivity index (χ2n) is 5.51. The van der Waals surface area contributed by atoms with Crippen LogP contribution >= 0.6 is 0 Å². The second kappa shape index (κ2) is 6.56. The normalized spacial score (nSPS) is 10.7. The van der Waals surface area contributed by atoms with Crippen LogP contribution in [0.1, 0.15) is 41.5 Å². The minimum Gasteiger partial charge on any atom is -0.465 e. The summed E-state index contributed by atoms with van der Waals surface area (Å²) in [6.45, 7) is 5.73. The number of pyridine rings is 1. The van der Waals surface area contributed by atoms with Gasteiger partial charge in [0.05, 0.1) is 23.3 Å². The molecule has 0 atom stereocenters. The Morgan fingerprint density at radius 2 is 2.00 bits per heavy atom. The molecular weight excluding hydrogens is 296 g/mol. The number of non-ortho nitro benzene ring substituents is 1. The molecule has 6 heteroatoms. The van der Waals surface area contributed by atoms with Gasteiger partial charge in [0.1, 0.15) is 0 Å². The lowest BCUT2D eigenvalue weighted by Gasteiger charge is -2.14. The Bertz CT molecular complexity index is 769. The van der Waals surface area contributed by atoms with Gasteiger partial charge in [-0.25, -0.2) is 4.79 Å². The molecule has 23 heavy (non-hydrogen) atoms. The quantitative estimate of drug-likeness (QED) is 0.486. The number of rotatable bonds is 4. The zero-order valence-electron chi connectivity index (χ0n) is 13.5. The molecule has 0 aliphatic rings. The van der Waals surface area contributed by atoms with E-state index in [0.717, 1.165) is 5.69 Å². The third-order valence-corrected chi connectivity index (χ3v) is 3.57. The standard InChI is InChI=1S/C17H18N2O4/c1-10(2)15-9-14(16(11(3)18-15)17(20)23-4)12-6-5-7-13(8-12)19(21)22/h5-10H,1-4H3. The smallest absolute Gasteiger partial charge is 0.340 e. The van der Waals surface area contributed by atoms with Crippen LogP contribution in [0.2, 0.25) is 0 Å². The van der Waals surface area contributed by atoms with Crippen molar-refractivity contribution in [1.29, 1.82) is 0 Å². The molecule has 6 nitrogen and oxygen atoms in total. The van der Waals surface area contributed by atoms with Crippen molar-refractivity contribution >= 4 is 11.7 Å². The van der Waals surface area contributed by atoms with Crippen molar-refractivity contribution in [3.63, 3.8) is 0 Å². The molecule has 0 saturated carbocycles. The van der Waals surface area contributed by atoms with Gasteiger partial charge in [0.2, 0.25) is 0 Å². The van der Waals surface area contributed by atoms with Crippen LogP contribution in [-0.2, 0) is 4.74 Å². The summed E-state index contributed by atoms with van der Waals surface area (Å²) < 4.78 is 4.84. The maximum Gasteiger partial charge on any atom is 0.340 e. The van der Waals surface area contributed by atoms with E-state index in [0.29, 0.717) is 22.4 Å². The third-order valence-electron chi connectivity index (χ3n) is 3.57. The van der Waals surface area contributed by atoms with Crippen LogP contribution in [0, 0.1) is 17.0 Å². The van der Waals surface area contributed by atoms with Crippen molar-refractivity contribution in [2.45, 2.75) is 26.7 Å². The van der Waals surface area contributed by atoms with E-state index in [1.165, 1.54) is 19.2 Å². The highest BCUT2D eigenvalue weighted by Gasteiger charge is 2.21. The summed E-state index contributed by atoms with van der Waals surface area (Å²) in [5.41, 5.74) is 2.85. The fraction of sp³-hybridized carbons (Fsp3) is 0.294. The van der Waals surface area contributed by atoms with Crippen LogP contribution in [-0.4, -0.2) is 23.0 Å². The minimum absolute atomic E-state index is 0.0288. The molecular formula is C17H18N2O4. The molecule has 0 amide bonds. The van der Waals surface area contributed by atoms with Crippen molar-refractivity contribution in [2.75, 3.05) is 7.11 Å². The van der Waals surface area contributed by atoms with Gasteiger partial charge in [-0.05, 0) is 24.5 Å². The highest BCUT2D eigenvalue weighted by Crippen LogP contribution is 2.31. The third kappa shape index (κ3) is 3.36. The van der Waals surface area contributed by atoms with Gasteiger partial charge in [-0.3, -0.25) is 15.1 Å². The van der Waals surface area contributed by atoms with Crippen molar-refractivity contribution in [3.8, 4) is 11.1 Å². The number of esters is 1. The molecule has 0 unspecified atom stereocenters. The first kappa shape index (κ1) is 16.6. The van der Waals surface area contributed by atoms with Gasteiger partial charge in [0.25, 0.3) is 5.69 Å². The zero-order valence-corrected chi connectivity index (χ0v) is 13.5. The van der Waals surface area contributed by atoms with E-state index >= 15 is 0 Å². The molecule has 0 aliphatic heterocycles. The van der Waals surface area contributed by atoms with Crippen molar-refractivity contribution in [3.05, 3.63) is 57.4 Å². The monoisotopic (exact) mass is 314 g/mol. The lowest BCUT2D eigenvalue weighted by Crippen LogP contribution is -2.10. The van der Waals surface area contributed by atoms with Crippen molar-refractivity contribution in [1.82, 2.24) is 4.98 Å². The molecule has 0 saturated heterocycles. The summed E-state index contributed by atoms with van der Waals surface area (Å²) >= 11 is 0. The number of carbonyl (C=O) groups is 1. The zero-order chi connectivity index (χ0) is 17.1. The van der Waals surface area contributed by atoms with Gasteiger partial charge in [-0.2, -0.15) is 0 Å². The Labute approximate surface area is 134 Å². The topological polar surface area (TPSA) is 82.3 Å². The number of nitro benzene ring substituents is 1. The molecule has 1 aromatic carbocycles. The molecule has 120 valence electrons. The fourth-order valence-corrected chi connectivity index (χ4v) is 2.37. The second-order valence-corrected chi connectivity index (χ2v) is 5.51. The molecule has 2 aromatic rings. The molecule has 1 aromatic heterocycles. The maximum absolute atomic E-state index is 12.1. The van der Waals surface area contributed by atoms with E-state index in [2.05, 4.69) is 4.98 Å². The number of benzene rings is 1. The number of methoxy groups -OCH3 is 1.